The predicted molar refractivity (Wildman–Crippen MR) is 100 cm³/mol. The van der Waals surface area contributed by atoms with E-state index in [0.29, 0.717) is 0 Å². The van der Waals surface area contributed by atoms with Gasteiger partial charge in [-0.05, 0) is 31.5 Å². The zero-order chi connectivity index (χ0) is 19.3. The fraction of sp³-hybridized carbons (Fsp3) is 0.300. The van der Waals surface area contributed by atoms with Crippen LogP contribution in [-0.4, -0.2) is 29.8 Å². The fourth-order valence-corrected chi connectivity index (χ4v) is 2.98. The number of nitrogens with zero attached hydrogens (tertiary/aromatic N) is 1. The van der Waals surface area contributed by atoms with Gasteiger partial charge >= 0.3 is 0 Å². The van der Waals surface area contributed by atoms with Gasteiger partial charge in [0.15, 0.2) is 0 Å². The van der Waals surface area contributed by atoms with Crippen LogP contribution in [0.3, 0.4) is 0 Å². The van der Waals surface area contributed by atoms with Crippen molar-refractivity contribution in [1.29, 1.82) is 0 Å². The molecule has 0 aliphatic rings. The number of hydrogen-bond acceptors (Lipinski definition) is 2. The third-order valence-corrected chi connectivity index (χ3v) is 4.59. The Hall–Kier alpha value is -2.40. The number of halogens is 2. The van der Waals surface area contributed by atoms with Gasteiger partial charge < -0.3 is 10.2 Å². The molecule has 0 aliphatic carbocycles. The third-order valence-electron chi connectivity index (χ3n) is 4.24. The van der Waals surface area contributed by atoms with Crippen molar-refractivity contribution < 1.29 is 14.0 Å². The predicted octanol–water partition coefficient (Wildman–Crippen LogP) is 3.49. The van der Waals surface area contributed by atoms with Crippen LogP contribution < -0.4 is 5.32 Å². The average Bonchev–Trinajstić information content (AvgIpc) is 2.61. The van der Waals surface area contributed by atoms with Gasteiger partial charge in [-0.15, -0.1) is 0 Å². The summed E-state index contributed by atoms with van der Waals surface area (Å²) in [6, 6.07) is 11.3. The number of aryl methyl sites for hydroxylation is 1. The molecule has 26 heavy (non-hydrogen) atoms. The first kappa shape index (κ1) is 19.9. The Labute approximate surface area is 158 Å². The maximum Gasteiger partial charge on any atom is 0.242 e. The van der Waals surface area contributed by atoms with Crippen LogP contribution in [0.5, 0.6) is 0 Å². The average molecular weight is 377 g/mol. The lowest BCUT2D eigenvalue weighted by Gasteiger charge is -2.28. The molecule has 0 saturated heterocycles. The molecule has 4 nitrogen and oxygen atoms in total. The quantitative estimate of drug-likeness (QED) is 0.838. The van der Waals surface area contributed by atoms with Gasteiger partial charge in [-0.2, -0.15) is 0 Å². The first-order valence-electron chi connectivity index (χ1n) is 8.33. The van der Waals surface area contributed by atoms with Gasteiger partial charge in [0.25, 0.3) is 0 Å². The van der Waals surface area contributed by atoms with E-state index in [4.69, 9.17) is 11.6 Å². The molecular formula is C20H22ClFN2O2. The van der Waals surface area contributed by atoms with Crippen molar-refractivity contribution in [3.05, 3.63) is 70.0 Å². The second-order valence-corrected chi connectivity index (χ2v) is 6.59. The largest absolute Gasteiger partial charge is 0.357 e. The molecule has 1 atom stereocenters. The zero-order valence-corrected chi connectivity index (χ0v) is 15.8. The molecular weight excluding hydrogens is 355 g/mol. The molecule has 0 aliphatic heterocycles. The van der Waals surface area contributed by atoms with Gasteiger partial charge in [-0.25, -0.2) is 4.39 Å². The number of nitrogens with one attached hydrogen (secondary N) is 1. The van der Waals surface area contributed by atoms with Crippen molar-refractivity contribution >= 4 is 23.4 Å². The summed E-state index contributed by atoms with van der Waals surface area (Å²) in [6.45, 7) is 3.85. The molecule has 0 bridgehead atoms. The minimum atomic E-state index is -0.696. The van der Waals surface area contributed by atoms with E-state index >= 15 is 0 Å². The lowest BCUT2D eigenvalue weighted by molar-refractivity contribution is -0.139. The summed E-state index contributed by atoms with van der Waals surface area (Å²) in [6.07, 6.45) is -0.210. The summed E-state index contributed by atoms with van der Waals surface area (Å²) in [4.78, 5) is 26.4. The van der Waals surface area contributed by atoms with Gasteiger partial charge in [0, 0.05) is 24.2 Å². The van der Waals surface area contributed by atoms with Gasteiger partial charge in [-0.3, -0.25) is 9.59 Å². The van der Waals surface area contributed by atoms with Crippen molar-refractivity contribution in [2.45, 2.75) is 32.9 Å². The summed E-state index contributed by atoms with van der Waals surface area (Å²) in [5.41, 5.74) is 2.09. The van der Waals surface area contributed by atoms with Crippen LogP contribution in [0.1, 0.15) is 23.6 Å². The molecule has 0 heterocycles. The monoisotopic (exact) mass is 376 g/mol. The van der Waals surface area contributed by atoms with Gasteiger partial charge in [-0.1, -0.05) is 47.5 Å². The molecule has 0 aromatic heterocycles. The maximum atomic E-state index is 14.0. The van der Waals surface area contributed by atoms with E-state index in [1.807, 2.05) is 31.2 Å². The molecule has 1 N–H and O–H groups in total. The van der Waals surface area contributed by atoms with E-state index in [9.17, 15) is 14.0 Å². The third kappa shape index (κ3) is 4.82. The van der Waals surface area contributed by atoms with E-state index in [1.165, 1.54) is 24.1 Å². The van der Waals surface area contributed by atoms with Crippen LogP contribution in [0, 0.1) is 12.7 Å². The second-order valence-electron chi connectivity index (χ2n) is 6.18. The van der Waals surface area contributed by atoms with Crippen molar-refractivity contribution in [3.63, 3.8) is 0 Å². The first-order chi connectivity index (χ1) is 12.3. The Morgan fingerprint density at radius 3 is 2.54 bits per heavy atom. The molecule has 0 saturated carbocycles. The highest BCUT2D eigenvalue weighted by Gasteiger charge is 2.26. The van der Waals surface area contributed by atoms with Crippen LogP contribution in [-0.2, 0) is 22.6 Å². The van der Waals surface area contributed by atoms with Crippen LogP contribution in [0.25, 0.3) is 0 Å². The van der Waals surface area contributed by atoms with Gasteiger partial charge in [0.1, 0.15) is 11.9 Å². The topological polar surface area (TPSA) is 49.4 Å². The van der Waals surface area contributed by atoms with Crippen LogP contribution >= 0.6 is 11.6 Å². The lowest BCUT2D eigenvalue weighted by atomic mass is 10.1. The van der Waals surface area contributed by atoms with Gasteiger partial charge in [0.2, 0.25) is 11.8 Å². The summed E-state index contributed by atoms with van der Waals surface area (Å²) in [5.74, 6) is -1.19. The Kier molecular flexibility index (Phi) is 6.75. The van der Waals surface area contributed by atoms with Crippen LogP contribution in [0.4, 0.5) is 4.39 Å². The second kappa shape index (κ2) is 8.81. The number of amides is 2. The van der Waals surface area contributed by atoms with E-state index < -0.39 is 11.9 Å². The Morgan fingerprint density at radius 1 is 1.23 bits per heavy atom. The molecule has 2 amide bonds. The molecule has 0 spiro atoms. The standard InChI is InChI=1S/C20H22ClFN2O2/c1-13-6-4-7-15(10-13)12-24(14(2)20(26)23-3)19(25)11-16-17(21)8-5-9-18(16)22/h4-10,14H,11-12H2,1-3H3,(H,23,26)/t14-/m1/s1. The Balaban J connectivity index is 2.30. The number of benzene rings is 2. The maximum absolute atomic E-state index is 14.0. The smallest absolute Gasteiger partial charge is 0.242 e. The van der Waals surface area contributed by atoms with Gasteiger partial charge in [0.05, 0.1) is 6.42 Å². The summed E-state index contributed by atoms with van der Waals surface area (Å²) < 4.78 is 14.0. The minimum Gasteiger partial charge on any atom is -0.357 e. The van der Waals surface area contributed by atoms with Crippen LogP contribution in [0.2, 0.25) is 5.02 Å². The zero-order valence-electron chi connectivity index (χ0n) is 15.1. The Morgan fingerprint density at radius 2 is 1.92 bits per heavy atom. The molecule has 0 unspecified atom stereocenters. The number of carbonyl (C=O) groups is 2. The highest BCUT2D eigenvalue weighted by Crippen LogP contribution is 2.21. The Bertz CT molecular complexity index is 790. The number of rotatable bonds is 6. The molecule has 2 aromatic carbocycles. The number of hydrogen-bond donors (Lipinski definition) is 1. The SMILES string of the molecule is CNC(=O)[C@@H](C)N(Cc1cccc(C)c1)C(=O)Cc1c(F)cccc1Cl. The summed E-state index contributed by atoms with van der Waals surface area (Å²) in [7, 11) is 1.52. The number of likely N-dealkylation sites (N-methyl/N-ethyl adjacent to an activating group) is 1. The number of carbonyl (C=O) groups excluding carboxylic acids is 2. The summed E-state index contributed by atoms with van der Waals surface area (Å²) >= 11 is 6.04. The molecule has 0 fully saturated rings. The lowest BCUT2D eigenvalue weighted by Crippen LogP contribution is -2.47. The van der Waals surface area contributed by atoms with Crippen molar-refractivity contribution in [1.82, 2.24) is 10.2 Å². The molecule has 2 aromatic rings. The van der Waals surface area contributed by atoms with Crippen molar-refractivity contribution in [2.24, 2.45) is 0 Å². The van der Waals surface area contributed by atoms with Crippen molar-refractivity contribution in [3.8, 4) is 0 Å². The normalized spacial score (nSPS) is 11.7. The minimum absolute atomic E-state index is 0.137. The van der Waals surface area contributed by atoms with E-state index in [1.54, 1.807) is 13.0 Å². The van der Waals surface area contributed by atoms with E-state index in [-0.39, 0.29) is 35.4 Å². The molecule has 6 heteroatoms. The van der Waals surface area contributed by atoms with E-state index in [2.05, 4.69) is 5.32 Å². The van der Waals surface area contributed by atoms with Crippen molar-refractivity contribution in [2.75, 3.05) is 7.05 Å². The fourth-order valence-electron chi connectivity index (χ4n) is 2.75. The molecule has 2 rings (SSSR count). The van der Waals surface area contributed by atoms with E-state index in [0.717, 1.165) is 11.1 Å². The summed E-state index contributed by atoms with van der Waals surface area (Å²) in [5, 5.41) is 2.75. The highest BCUT2D eigenvalue weighted by atomic mass is 35.5. The first-order valence-corrected chi connectivity index (χ1v) is 8.70. The molecule has 138 valence electrons. The molecule has 0 radical (unpaired) electrons. The van der Waals surface area contributed by atoms with Crippen LogP contribution in [0.15, 0.2) is 42.5 Å². The highest BCUT2D eigenvalue weighted by molar-refractivity contribution is 6.31.